The quantitative estimate of drug-likeness (QED) is 0.629. The first kappa shape index (κ1) is 23.6. The normalized spacial score (nSPS) is 14.5. The van der Waals surface area contributed by atoms with Gasteiger partial charge < -0.3 is 16.0 Å². The van der Waals surface area contributed by atoms with Crippen molar-refractivity contribution in [3.8, 4) is 0 Å². The lowest BCUT2D eigenvalue weighted by atomic mass is 10.1. The minimum absolute atomic E-state index is 0. The lowest BCUT2D eigenvalue weighted by Crippen LogP contribution is -2.30. The number of thiazole rings is 1. The number of nitrogens with one attached hydrogen (secondary N) is 1. The number of unbranched alkanes of at least 4 members (excludes halogenated alkanes) is 2. The summed E-state index contributed by atoms with van der Waals surface area (Å²) in [6.45, 7) is 5.06. The van der Waals surface area contributed by atoms with Crippen molar-refractivity contribution in [1.82, 2.24) is 15.2 Å². The predicted octanol–water partition coefficient (Wildman–Crippen LogP) is 2.87. The molecule has 0 spiro atoms. The maximum Gasteiger partial charge on any atom is 0.270 e. The molecule has 1 aliphatic heterocycles. The second-order valence-electron chi connectivity index (χ2n) is 5.88. The Morgan fingerprint density at radius 1 is 1.21 bits per heavy atom. The summed E-state index contributed by atoms with van der Waals surface area (Å²) in [5.74, 6) is -0.0597. The van der Waals surface area contributed by atoms with E-state index in [1.54, 1.807) is 0 Å². The van der Waals surface area contributed by atoms with E-state index in [1.165, 1.54) is 63.1 Å². The van der Waals surface area contributed by atoms with Gasteiger partial charge in [-0.15, -0.1) is 36.2 Å². The molecule has 0 radical (unpaired) electrons. The number of rotatable bonds is 9. The first-order valence-electron chi connectivity index (χ1n) is 8.44. The number of hydrogen-bond acceptors (Lipinski definition) is 5. The largest absolute Gasteiger partial charge is 0.351 e. The molecular weight excluding hydrogens is 367 g/mol. The van der Waals surface area contributed by atoms with Crippen LogP contribution in [-0.2, 0) is 6.42 Å². The van der Waals surface area contributed by atoms with Crippen molar-refractivity contribution in [2.75, 3.05) is 32.7 Å². The number of piperidine rings is 1. The van der Waals surface area contributed by atoms with Crippen molar-refractivity contribution < 1.29 is 4.79 Å². The van der Waals surface area contributed by atoms with Crippen LogP contribution in [0, 0.1) is 0 Å². The number of aromatic nitrogens is 1. The molecule has 2 rings (SSSR count). The van der Waals surface area contributed by atoms with E-state index in [1.807, 2.05) is 5.38 Å². The van der Waals surface area contributed by atoms with Crippen LogP contribution >= 0.6 is 36.2 Å². The molecule has 1 amide bonds. The van der Waals surface area contributed by atoms with Crippen LogP contribution in [0.4, 0.5) is 0 Å². The number of carbonyl (C=O) groups is 1. The van der Waals surface area contributed by atoms with Gasteiger partial charge in [0.15, 0.2) is 0 Å². The number of carbonyl (C=O) groups excluding carboxylic acids is 1. The van der Waals surface area contributed by atoms with E-state index in [4.69, 9.17) is 5.73 Å². The van der Waals surface area contributed by atoms with Crippen molar-refractivity contribution in [3.63, 3.8) is 0 Å². The van der Waals surface area contributed by atoms with Crippen molar-refractivity contribution >= 4 is 42.1 Å². The van der Waals surface area contributed by atoms with Crippen LogP contribution < -0.4 is 11.1 Å². The molecular formula is C16H30Cl2N4OS. The van der Waals surface area contributed by atoms with Gasteiger partial charge >= 0.3 is 0 Å². The molecule has 0 aromatic carbocycles. The summed E-state index contributed by atoms with van der Waals surface area (Å²) < 4.78 is 0. The van der Waals surface area contributed by atoms with E-state index < -0.39 is 0 Å². The summed E-state index contributed by atoms with van der Waals surface area (Å²) in [7, 11) is 0. The Morgan fingerprint density at radius 3 is 2.67 bits per heavy atom. The number of amides is 1. The molecule has 1 saturated heterocycles. The molecule has 0 aliphatic carbocycles. The monoisotopic (exact) mass is 396 g/mol. The van der Waals surface area contributed by atoms with Gasteiger partial charge in [-0.25, -0.2) is 4.98 Å². The first-order valence-corrected chi connectivity index (χ1v) is 9.32. The van der Waals surface area contributed by atoms with Crippen LogP contribution in [0.1, 0.15) is 54.0 Å². The summed E-state index contributed by atoms with van der Waals surface area (Å²) in [4.78, 5) is 18.8. The zero-order valence-electron chi connectivity index (χ0n) is 14.2. The Morgan fingerprint density at radius 2 is 1.96 bits per heavy atom. The third kappa shape index (κ3) is 8.62. The lowest BCUT2D eigenvalue weighted by Gasteiger charge is -2.26. The maximum atomic E-state index is 11.9. The standard InChI is InChI=1S/C16H28N4OS.2ClH/c17-8-7-15-19-14(13-22-15)16(21)18-9-3-1-4-10-20-11-5-2-6-12-20;;/h13H,1-12,17H2,(H,18,21);2*1H. The molecule has 8 heteroatoms. The number of nitrogens with two attached hydrogens (primary N) is 1. The predicted molar refractivity (Wildman–Crippen MR) is 106 cm³/mol. The summed E-state index contributed by atoms with van der Waals surface area (Å²) >= 11 is 1.51. The van der Waals surface area contributed by atoms with Gasteiger partial charge in [0.1, 0.15) is 5.69 Å². The van der Waals surface area contributed by atoms with Crippen molar-refractivity contribution in [3.05, 3.63) is 16.1 Å². The first-order chi connectivity index (χ1) is 10.8. The zero-order valence-corrected chi connectivity index (χ0v) is 16.6. The molecule has 24 heavy (non-hydrogen) atoms. The second-order valence-corrected chi connectivity index (χ2v) is 6.83. The molecule has 5 nitrogen and oxygen atoms in total. The molecule has 0 bridgehead atoms. The van der Waals surface area contributed by atoms with Gasteiger partial charge in [-0.2, -0.15) is 0 Å². The Balaban J connectivity index is 0.00000264. The summed E-state index contributed by atoms with van der Waals surface area (Å²) in [5.41, 5.74) is 6.02. The van der Waals surface area contributed by atoms with Crippen LogP contribution in [0.15, 0.2) is 5.38 Å². The molecule has 1 aromatic rings. The highest BCUT2D eigenvalue weighted by Gasteiger charge is 2.10. The van der Waals surface area contributed by atoms with Gasteiger partial charge in [-0.3, -0.25) is 4.79 Å². The van der Waals surface area contributed by atoms with Crippen molar-refractivity contribution in [1.29, 1.82) is 0 Å². The molecule has 1 aromatic heterocycles. The number of nitrogens with zero attached hydrogens (tertiary/aromatic N) is 2. The molecule has 0 saturated carbocycles. The molecule has 0 unspecified atom stereocenters. The van der Waals surface area contributed by atoms with Crippen LogP contribution in [0.3, 0.4) is 0 Å². The number of halogens is 2. The van der Waals surface area contributed by atoms with E-state index in [-0.39, 0.29) is 30.7 Å². The van der Waals surface area contributed by atoms with Gasteiger partial charge in [0.25, 0.3) is 5.91 Å². The molecule has 0 atom stereocenters. The molecule has 1 aliphatic rings. The molecule has 1 fully saturated rings. The third-order valence-corrected chi connectivity index (χ3v) is 4.94. The van der Waals surface area contributed by atoms with E-state index >= 15 is 0 Å². The molecule has 2 heterocycles. The zero-order chi connectivity index (χ0) is 15.6. The lowest BCUT2D eigenvalue weighted by molar-refractivity contribution is 0.0948. The Hall–Kier alpha value is -0.400. The fourth-order valence-electron chi connectivity index (χ4n) is 2.77. The average Bonchev–Trinajstić information content (AvgIpc) is 3.01. The van der Waals surface area contributed by atoms with Crippen molar-refractivity contribution in [2.24, 2.45) is 5.73 Å². The number of hydrogen-bond donors (Lipinski definition) is 2. The maximum absolute atomic E-state index is 11.9. The van der Waals surface area contributed by atoms with Gasteiger partial charge in [0.2, 0.25) is 0 Å². The molecule has 140 valence electrons. The van der Waals surface area contributed by atoms with Crippen molar-refractivity contribution in [2.45, 2.75) is 44.9 Å². The third-order valence-electron chi connectivity index (χ3n) is 4.03. The highest BCUT2D eigenvalue weighted by atomic mass is 35.5. The Labute approximate surface area is 161 Å². The van der Waals surface area contributed by atoms with Crippen LogP contribution in [0.5, 0.6) is 0 Å². The van der Waals surface area contributed by atoms with Crippen LogP contribution in [-0.4, -0.2) is 48.5 Å². The fourth-order valence-corrected chi connectivity index (χ4v) is 3.56. The van der Waals surface area contributed by atoms with Gasteiger partial charge in [-0.1, -0.05) is 12.8 Å². The Kier molecular flexibility index (Phi) is 13.6. The average molecular weight is 397 g/mol. The van der Waals surface area contributed by atoms with Crippen LogP contribution in [0.2, 0.25) is 0 Å². The minimum Gasteiger partial charge on any atom is -0.351 e. The topological polar surface area (TPSA) is 71.2 Å². The summed E-state index contributed by atoms with van der Waals surface area (Å²) in [6, 6.07) is 0. The highest BCUT2D eigenvalue weighted by molar-refractivity contribution is 7.09. The Bertz CT molecular complexity index is 453. The highest BCUT2D eigenvalue weighted by Crippen LogP contribution is 2.11. The van der Waals surface area contributed by atoms with Crippen LogP contribution in [0.25, 0.3) is 0 Å². The van der Waals surface area contributed by atoms with Gasteiger partial charge in [0.05, 0.1) is 5.01 Å². The van der Waals surface area contributed by atoms with E-state index in [9.17, 15) is 4.79 Å². The van der Waals surface area contributed by atoms with Gasteiger partial charge in [-0.05, 0) is 51.9 Å². The SMILES string of the molecule is Cl.Cl.NCCc1nc(C(=O)NCCCCCN2CCCCC2)cs1. The van der Waals surface area contributed by atoms with E-state index in [2.05, 4.69) is 15.2 Å². The van der Waals surface area contributed by atoms with Gasteiger partial charge in [0, 0.05) is 18.3 Å². The molecule has 3 N–H and O–H groups in total. The van der Waals surface area contributed by atoms with E-state index in [0.717, 1.165) is 24.4 Å². The summed E-state index contributed by atoms with van der Waals surface area (Å²) in [6.07, 6.45) is 8.30. The smallest absolute Gasteiger partial charge is 0.270 e. The fraction of sp³-hybridized carbons (Fsp3) is 0.750. The summed E-state index contributed by atoms with van der Waals surface area (Å²) in [5, 5.41) is 5.71. The second kappa shape index (κ2) is 13.8. The minimum atomic E-state index is -0.0597. The number of likely N-dealkylation sites (tertiary alicyclic amines) is 1. The van der Waals surface area contributed by atoms with E-state index in [0.29, 0.717) is 12.2 Å².